The van der Waals surface area contributed by atoms with Crippen LogP contribution in [0.25, 0.3) is 0 Å². The lowest BCUT2D eigenvalue weighted by atomic mass is 9.86. The van der Waals surface area contributed by atoms with Crippen LogP contribution >= 0.6 is 0 Å². The van der Waals surface area contributed by atoms with E-state index >= 15 is 0 Å². The molecule has 0 aliphatic heterocycles. The maximum absolute atomic E-state index is 12.7. The van der Waals surface area contributed by atoms with Gasteiger partial charge in [-0.1, -0.05) is 91.9 Å². The fraction of sp³-hybridized carbons (Fsp3) is 0.510. The number of hydrogen-bond acceptors (Lipinski definition) is 18. The van der Waals surface area contributed by atoms with Crippen molar-refractivity contribution in [1.29, 1.82) is 0 Å². The summed E-state index contributed by atoms with van der Waals surface area (Å²) in [4.78, 5) is 103. The first-order chi connectivity index (χ1) is 32.5. The molecule has 0 fully saturated rings. The van der Waals surface area contributed by atoms with Gasteiger partial charge in [0.05, 0.1) is 41.9 Å². The van der Waals surface area contributed by atoms with E-state index in [-0.39, 0.29) is 23.1 Å². The van der Waals surface area contributed by atoms with E-state index in [2.05, 4.69) is 50.1 Å². The van der Waals surface area contributed by atoms with E-state index in [0.717, 1.165) is 77.0 Å². The van der Waals surface area contributed by atoms with Gasteiger partial charge in [0, 0.05) is 0 Å². The molecule has 0 aliphatic carbocycles. The monoisotopic (exact) mass is 940 g/mol. The van der Waals surface area contributed by atoms with Crippen molar-refractivity contribution in [2.45, 2.75) is 118 Å². The lowest BCUT2D eigenvalue weighted by Crippen LogP contribution is -2.40. The van der Waals surface area contributed by atoms with Gasteiger partial charge in [0.2, 0.25) is 0 Å². The molecule has 0 unspecified atom stereocenters. The third-order valence-electron chi connectivity index (χ3n) is 9.90. The molecule has 0 spiro atoms. The summed E-state index contributed by atoms with van der Waals surface area (Å²) in [5, 5.41) is 0. The first-order valence-electron chi connectivity index (χ1n) is 22.9. The molecule has 0 bridgehead atoms. The quantitative estimate of drug-likeness (QED) is 0.0208. The van der Waals surface area contributed by atoms with Crippen LogP contribution in [0.5, 0.6) is 17.2 Å². The Morgan fingerprint density at radius 1 is 0.358 bits per heavy atom. The Balaban J connectivity index is 1.58. The van der Waals surface area contributed by atoms with Gasteiger partial charge in [-0.3, -0.25) is 0 Å². The van der Waals surface area contributed by atoms with Gasteiger partial charge in [-0.2, -0.15) is 14.4 Å². The molecule has 67 heavy (non-hydrogen) atoms. The molecule has 0 aliphatic rings. The maximum atomic E-state index is 12.7. The molecule has 0 amide bonds. The third kappa shape index (κ3) is 22.4. The molecule has 0 atom stereocenters. The predicted octanol–water partition coefficient (Wildman–Crippen LogP) is 11.4. The average Bonchev–Trinajstić information content (AvgIpc) is 3.35. The molecule has 3 aromatic rings. The summed E-state index contributed by atoms with van der Waals surface area (Å²) in [6.45, 7) is 7.64. The molecule has 18 heteroatoms. The summed E-state index contributed by atoms with van der Waals surface area (Å²) in [7, 11) is 0. The van der Waals surface area contributed by atoms with E-state index in [9.17, 15) is 28.8 Å². The zero-order valence-corrected chi connectivity index (χ0v) is 38.9. The number of unbranched alkanes of at least 4 members (excludes halogenated alkanes) is 9. The maximum Gasteiger partial charge on any atom is 0.549 e. The fourth-order valence-electron chi connectivity index (χ4n) is 6.16. The van der Waals surface area contributed by atoms with Crippen LogP contribution in [0.1, 0.15) is 149 Å². The van der Waals surface area contributed by atoms with Crippen molar-refractivity contribution in [3.63, 3.8) is 0 Å². The lowest BCUT2D eigenvalue weighted by molar-refractivity contribution is -0.217. The van der Waals surface area contributed by atoms with E-state index in [1.807, 2.05) is 0 Å². The topological polar surface area (TPSA) is 213 Å². The number of carbonyl (C=O) groups excluding carboxylic acids is 6. The van der Waals surface area contributed by atoms with Gasteiger partial charge < -0.3 is 28.4 Å². The Morgan fingerprint density at radius 2 is 0.642 bits per heavy atom. The van der Waals surface area contributed by atoms with E-state index in [1.54, 1.807) is 43.3 Å². The Morgan fingerprint density at radius 3 is 0.896 bits per heavy atom. The molecule has 0 saturated heterocycles. The molecule has 3 aromatic carbocycles. The molecule has 18 nitrogen and oxygen atoms in total. The van der Waals surface area contributed by atoms with E-state index in [1.165, 1.54) is 36.4 Å². The minimum atomic E-state index is -1.55. The first kappa shape index (κ1) is 54.6. The highest BCUT2D eigenvalue weighted by Crippen LogP contribution is 2.28. The zero-order chi connectivity index (χ0) is 48.5. The Labute approximate surface area is 391 Å². The second-order valence-corrected chi connectivity index (χ2v) is 15.5. The highest BCUT2D eigenvalue weighted by atomic mass is 17.2. The molecular weight excluding hydrogens is 877 g/mol. The summed E-state index contributed by atoms with van der Waals surface area (Å²) in [5.41, 5.74) is -1.41. The third-order valence-corrected chi connectivity index (χ3v) is 9.90. The van der Waals surface area contributed by atoms with Crippen LogP contribution in [0, 0.1) is 5.41 Å². The molecular formula is C49H64O18. The van der Waals surface area contributed by atoms with Crippen LogP contribution in [0.4, 0.5) is 14.4 Å². The van der Waals surface area contributed by atoms with Gasteiger partial charge in [0.15, 0.2) is 0 Å². The van der Waals surface area contributed by atoms with Gasteiger partial charge in [-0.15, -0.1) is 0 Å². The van der Waals surface area contributed by atoms with Crippen molar-refractivity contribution in [2.75, 3.05) is 39.6 Å². The van der Waals surface area contributed by atoms with Crippen LogP contribution in [0.15, 0.2) is 72.8 Å². The number of hydrogen-bond donors (Lipinski definition) is 0. The minimum absolute atomic E-state index is 0.0464. The summed E-state index contributed by atoms with van der Waals surface area (Å²) < 4.78 is 32.6. The van der Waals surface area contributed by atoms with Gasteiger partial charge in [-0.05, 0) is 98.5 Å². The Bertz CT molecular complexity index is 1700. The average molecular weight is 941 g/mol. The van der Waals surface area contributed by atoms with Gasteiger partial charge in [-0.25, -0.2) is 43.7 Å². The van der Waals surface area contributed by atoms with Crippen molar-refractivity contribution >= 4 is 36.4 Å². The van der Waals surface area contributed by atoms with Crippen LogP contribution in [-0.4, -0.2) is 76.0 Å². The fourth-order valence-corrected chi connectivity index (χ4v) is 6.16. The van der Waals surface area contributed by atoms with Crippen molar-refractivity contribution in [3.05, 3.63) is 89.5 Å². The second-order valence-electron chi connectivity index (χ2n) is 15.5. The number of rotatable bonds is 29. The van der Waals surface area contributed by atoms with E-state index in [4.69, 9.17) is 28.4 Å². The Hall–Kier alpha value is -6.72. The molecule has 0 N–H and O–H groups in total. The number of ether oxygens (including phenoxy) is 6. The minimum Gasteiger partial charge on any atom is -0.494 e. The van der Waals surface area contributed by atoms with Gasteiger partial charge in [0.1, 0.15) is 37.1 Å². The SMILES string of the molecule is CCCCCCOc1ccc(C(=O)OOC(=O)OCC(CCC)(COC(=O)OOC(=O)c2ccc(OCCCCCC)cc2)COC(=O)OOC(=O)c2ccc(OCCCCCC)cc2)cc1. The van der Waals surface area contributed by atoms with E-state index in [0.29, 0.717) is 43.5 Å². The highest BCUT2D eigenvalue weighted by molar-refractivity contribution is 5.90. The van der Waals surface area contributed by atoms with Crippen molar-refractivity contribution in [1.82, 2.24) is 0 Å². The largest absolute Gasteiger partial charge is 0.549 e. The smallest absolute Gasteiger partial charge is 0.494 e. The van der Waals surface area contributed by atoms with Gasteiger partial charge >= 0.3 is 36.4 Å². The standard InChI is InChI=1S/C49H64O18/c1-5-9-12-15-31-56-40-24-18-37(19-25-40)43(50)62-65-46(53)59-34-49(30-8-4,35-60-47(54)66-63-44(51)38-20-26-41(27-21-38)57-32-16-13-10-6-2)36-61-48(55)67-64-45(52)39-22-28-42(29-23-39)58-33-17-14-11-7-3/h18-29H,5-17,30-36H2,1-4H3. The molecule has 3 rings (SSSR count). The predicted molar refractivity (Wildman–Crippen MR) is 239 cm³/mol. The van der Waals surface area contributed by atoms with Crippen molar-refractivity contribution < 1.29 is 86.5 Å². The Kier molecular flexibility index (Phi) is 26.1. The van der Waals surface area contributed by atoms with Crippen LogP contribution in [-0.2, 0) is 43.5 Å². The second kappa shape index (κ2) is 32.0. The highest BCUT2D eigenvalue weighted by Gasteiger charge is 2.37. The molecule has 0 radical (unpaired) electrons. The summed E-state index contributed by atoms with van der Waals surface area (Å²) in [5.74, 6) is -1.42. The van der Waals surface area contributed by atoms with Gasteiger partial charge in [0.25, 0.3) is 0 Å². The number of carbonyl (C=O) groups is 6. The zero-order valence-electron chi connectivity index (χ0n) is 38.9. The first-order valence-corrected chi connectivity index (χ1v) is 22.9. The summed E-state index contributed by atoms with van der Waals surface area (Å²) >= 11 is 0. The molecule has 0 aromatic heterocycles. The number of benzene rings is 3. The van der Waals surface area contributed by atoms with Crippen LogP contribution in [0.2, 0.25) is 0 Å². The van der Waals surface area contributed by atoms with Crippen molar-refractivity contribution in [3.8, 4) is 17.2 Å². The summed E-state index contributed by atoms with van der Waals surface area (Å²) in [6, 6.07) is 18.0. The molecule has 368 valence electrons. The molecule has 0 saturated carbocycles. The summed E-state index contributed by atoms with van der Waals surface area (Å²) in [6.07, 6.45) is 8.38. The normalized spacial score (nSPS) is 10.7. The van der Waals surface area contributed by atoms with Crippen LogP contribution < -0.4 is 14.2 Å². The van der Waals surface area contributed by atoms with Crippen molar-refractivity contribution in [2.24, 2.45) is 5.41 Å². The lowest BCUT2D eigenvalue weighted by Gasteiger charge is -2.30. The molecule has 0 heterocycles. The van der Waals surface area contributed by atoms with E-state index < -0.39 is 61.6 Å². The van der Waals surface area contributed by atoms with Crippen LogP contribution in [0.3, 0.4) is 0 Å².